The number of carbonyl (C=O) groups excluding carboxylic acids is 1. The summed E-state index contributed by atoms with van der Waals surface area (Å²) in [6.07, 6.45) is 2.41. The smallest absolute Gasteiger partial charge is 0.220 e. The number of amides is 1. The van der Waals surface area contributed by atoms with Gasteiger partial charge < -0.3 is 5.32 Å². The highest BCUT2D eigenvalue weighted by Gasteiger charge is 2.11. The van der Waals surface area contributed by atoms with Crippen molar-refractivity contribution in [2.45, 2.75) is 19.3 Å². The Bertz CT molecular complexity index is 197. The van der Waals surface area contributed by atoms with Gasteiger partial charge in [-0.3, -0.25) is 4.79 Å². The van der Waals surface area contributed by atoms with Gasteiger partial charge in [0.05, 0.1) is 3.39 Å². The van der Waals surface area contributed by atoms with E-state index in [2.05, 4.69) is 37.2 Å². The molecule has 62 valence electrons. The molecule has 1 saturated heterocycles. The van der Waals surface area contributed by atoms with E-state index in [9.17, 15) is 4.79 Å². The van der Waals surface area contributed by atoms with Gasteiger partial charge in [0.1, 0.15) is 0 Å². The van der Waals surface area contributed by atoms with Gasteiger partial charge in [0.2, 0.25) is 5.91 Å². The van der Waals surface area contributed by atoms with Crippen LogP contribution in [0.2, 0.25) is 0 Å². The van der Waals surface area contributed by atoms with Crippen molar-refractivity contribution >= 4 is 37.8 Å². The molecule has 0 unspecified atom stereocenters. The molecule has 0 aliphatic carbocycles. The highest BCUT2D eigenvalue weighted by atomic mass is 79.9. The summed E-state index contributed by atoms with van der Waals surface area (Å²) in [5.41, 5.74) is 1.28. The molecule has 0 radical (unpaired) electrons. The van der Waals surface area contributed by atoms with E-state index in [4.69, 9.17) is 0 Å². The summed E-state index contributed by atoms with van der Waals surface area (Å²) in [6.45, 7) is 0.759. The van der Waals surface area contributed by atoms with Crippen LogP contribution in [-0.2, 0) is 4.79 Å². The molecular weight excluding hydrogens is 274 g/mol. The van der Waals surface area contributed by atoms with Crippen LogP contribution in [0.1, 0.15) is 19.3 Å². The minimum atomic E-state index is 0.154. The molecule has 1 fully saturated rings. The fourth-order valence-electron chi connectivity index (χ4n) is 1.02. The van der Waals surface area contributed by atoms with Crippen LogP contribution in [0.5, 0.6) is 0 Å². The second-order valence-corrected chi connectivity index (χ2v) is 5.11. The van der Waals surface area contributed by atoms with Gasteiger partial charge in [-0.05, 0) is 50.3 Å². The van der Waals surface area contributed by atoms with Crippen LogP contribution >= 0.6 is 31.9 Å². The first-order valence-electron chi connectivity index (χ1n) is 3.50. The van der Waals surface area contributed by atoms with Gasteiger partial charge in [0.25, 0.3) is 0 Å². The molecule has 0 atom stereocenters. The molecule has 0 saturated carbocycles. The Kier molecular flexibility index (Phi) is 3.59. The lowest BCUT2D eigenvalue weighted by Gasteiger charge is -1.99. The SMILES string of the molecule is O=C1CCC(=C(Br)Br)CCN1. The third-order valence-electron chi connectivity index (χ3n) is 1.67. The summed E-state index contributed by atoms with van der Waals surface area (Å²) in [5.74, 6) is 0.154. The van der Waals surface area contributed by atoms with E-state index >= 15 is 0 Å². The Balaban J connectivity index is 2.60. The van der Waals surface area contributed by atoms with Crippen molar-refractivity contribution in [2.24, 2.45) is 0 Å². The van der Waals surface area contributed by atoms with Gasteiger partial charge in [0, 0.05) is 13.0 Å². The maximum atomic E-state index is 10.9. The molecule has 1 rings (SSSR count). The van der Waals surface area contributed by atoms with E-state index < -0.39 is 0 Å². The normalized spacial score (nSPS) is 19.1. The maximum Gasteiger partial charge on any atom is 0.220 e. The van der Waals surface area contributed by atoms with E-state index in [1.807, 2.05) is 0 Å². The summed E-state index contributed by atoms with van der Waals surface area (Å²) >= 11 is 6.70. The van der Waals surface area contributed by atoms with Crippen LogP contribution in [-0.4, -0.2) is 12.5 Å². The van der Waals surface area contributed by atoms with Crippen molar-refractivity contribution in [3.05, 3.63) is 8.96 Å². The largest absolute Gasteiger partial charge is 0.356 e. The zero-order chi connectivity index (χ0) is 8.27. The molecule has 0 aromatic carbocycles. The Morgan fingerprint density at radius 1 is 1.27 bits per heavy atom. The molecule has 1 aliphatic rings. The zero-order valence-electron chi connectivity index (χ0n) is 5.99. The quantitative estimate of drug-likeness (QED) is 0.726. The van der Waals surface area contributed by atoms with E-state index in [0.717, 1.165) is 22.8 Å². The fraction of sp³-hybridized carbons (Fsp3) is 0.571. The van der Waals surface area contributed by atoms with E-state index in [1.165, 1.54) is 5.57 Å². The minimum absolute atomic E-state index is 0.154. The molecule has 0 aromatic heterocycles. The van der Waals surface area contributed by atoms with Crippen LogP contribution in [0.25, 0.3) is 0 Å². The van der Waals surface area contributed by atoms with E-state index in [-0.39, 0.29) is 5.91 Å². The molecule has 11 heavy (non-hydrogen) atoms. The highest BCUT2D eigenvalue weighted by molar-refractivity contribution is 9.28. The molecule has 1 amide bonds. The van der Waals surface area contributed by atoms with E-state index in [1.54, 1.807) is 0 Å². The molecule has 1 heterocycles. The summed E-state index contributed by atoms with van der Waals surface area (Å²) in [6, 6.07) is 0. The van der Waals surface area contributed by atoms with Crippen molar-refractivity contribution in [3.8, 4) is 0 Å². The summed E-state index contributed by atoms with van der Waals surface area (Å²) in [7, 11) is 0. The second-order valence-electron chi connectivity index (χ2n) is 2.46. The average Bonchev–Trinajstić information content (AvgIpc) is 2.13. The van der Waals surface area contributed by atoms with Crippen molar-refractivity contribution in [2.75, 3.05) is 6.54 Å². The predicted molar refractivity (Wildman–Crippen MR) is 51.7 cm³/mol. The Morgan fingerprint density at radius 2 is 2.00 bits per heavy atom. The van der Waals surface area contributed by atoms with Gasteiger partial charge in [0.15, 0.2) is 0 Å². The molecule has 1 N–H and O–H groups in total. The van der Waals surface area contributed by atoms with Gasteiger partial charge in [-0.1, -0.05) is 0 Å². The molecule has 4 heteroatoms. The second kappa shape index (κ2) is 4.26. The number of hydrogen-bond acceptors (Lipinski definition) is 1. The Hall–Kier alpha value is 0.170. The topological polar surface area (TPSA) is 29.1 Å². The third-order valence-corrected chi connectivity index (χ3v) is 2.79. The van der Waals surface area contributed by atoms with Crippen LogP contribution in [0.4, 0.5) is 0 Å². The lowest BCUT2D eigenvalue weighted by Crippen LogP contribution is -2.21. The summed E-state index contributed by atoms with van der Waals surface area (Å²) < 4.78 is 1.00. The van der Waals surface area contributed by atoms with Crippen molar-refractivity contribution < 1.29 is 4.79 Å². The van der Waals surface area contributed by atoms with Gasteiger partial charge in [-0.25, -0.2) is 0 Å². The first kappa shape index (κ1) is 9.26. The molecule has 0 bridgehead atoms. The van der Waals surface area contributed by atoms with Crippen LogP contribution in [0, 0.1) is 0 Å². The van der Waals surface area contributed by atoms with Crippen molar-refractivity contribution in [1.29, 1.82) is 0 Å². The summed E-state index contributed by atoms with van der Waals surface area (Å²) in [4.78, 5) is 10.9. The third kappa shape index (κ3) is 2.95. The fourth-order valence-corrected chi connectivity index (χ4v) is 1.81. The number of rotatable bonds is 0. The first-order valence-corrected chi connectivity index (χ1v) is 5.08. The van der Waals surface area contributed by atoms with Crippen molar-refractivity contribution in [1.82, 2.24) is 5.32 Å². The highest BCUT2D eigenvalue weighted by Crippen LogP contribution is 2.25. The van der Waals surface area contributed by atoms with Crippen LogP contribution in [0.3, 0.4) is 0 Å². The van der Waals surface area contributed by atoms with E-state index in [0.29, 0.717) is 6.42 Å². The molecule has 0 aromatic rings. The molecule has 0 spiro atoms. The lowest BCUT2D eigenvalue weighted by molar-refractivity contribution is -0.120. The number of hydrogen-bond donors (Lipinski definition) is 1. The number of nitrogens with one attached hydrogen (secondary N) is 1. The minimum Gasteiger partial charge on any atom is -0.356 e. The number of carbonyl (C=O) groups is 1. The van der Waals surface area contributed by atoms with Gasteiger partial charge in [-0.2, -0.15) is 0 Å². The van der Waals surface area contributed by atoms with Gasteiger partial charge >= 0.3 is 0 Å². The van der Waals surface area contributed by atoms with Crippen molar-refractivity contribution in [3.63, 3.8) is 0 Å². The van der Waals surface area contributed by atoms with Gasteiger partial charge in [-0.15, -0.1) is 0 Å². The number of halogens is 2. The molecule has 2 nitrogen and oxygen atoms in total. The Morgan fingerprint density at radius 3 is 2.64 bits per heavy atom. The first-order chi connectivity index (χ1) is 5.20. The zero-order valence-corrected chi connectivity index (χ0v) is 9.16. The maximum absolute atomic E-state index is 10.9. The standard InChI is InChI=1S/C7H9Br2NO/c8-7(9)5-1-2-6(11)10-4-3-5/h1-4H2,(H,10,11). The molecular formula is C7H9Br2NO. The average molecular weight is 283 g/mol. The van der Waals surface area contributed by atoms with Crippen LogP contribution < -0.4 is 5.32 Å². The lowest BCUT2D eigenvalue weighted by atomic mass is 10.1. The summed E-state index contributed by atoms with van der Waals surface area (Å²) in [5, 5.41) is 2.81. The Labute approximate surface area is 82.7 Å². The predicted octanol–water partition coefficient (Wildman–Crippen LogP) is 2.29. The monoisotopic (exact) mass is 281 g/mol. The molecule has 1 aliphatic heterocycles. The van der Waals surface area contributed by atoms with Crippen LogP contribution in [0.15, 0.2) is 8.96 Å².